The van der Waals surface area contributed by atoms with Gasteiger partial charge in [-0.2, -0.15) is 0 Å². The lowest BCUT2D eigenvalue weighted by Gasteiger charge is -2.26. The molecule has 0 bridgehead atoms. The first kappa shape index (κ1) is 17.8. The third-order valence-corrected chi connectivity index (χ3v) is 4.65. The maximum atomic E-state index is 12.0. The number of carbonyl (C=O) groups is 1. The number of nitrogens with zero attached hydrogens (tertiary/aromatic N) is 1. The molecule has 1 saturated heterocycles. The Morgan fingerprint density at radius 1 is 1.17 bits per heavy atom. The summed E-state index contributed by atoms with van der Waals surface area (Å²) >= 11 is 0. The monoisotopic (exact) mass is 318 g/mol. The second-order valence-corrected chi connectivity index (χ2v) is 7.31. The van der Waals surface area contributed by atoms with E-state index in [1.54, 1.807) is 4.90 Å². The number of hydrogen-bond donors (Lipinski definition) is 2. The third-order valence-electron chi connectivity index (χ3n) is 4.65. The van der Waals surface area contributed by atoms with Crippen LogP contribution < -0.4 is 15.1 Å². The number of carbonyl (C=O) groups excluding carboxylic acids is 1. The number of nitrogens with one attached hydrogen (secondary N) is 2. The lowest BCUT2D eigenvalue weighted by atomic mass is 10.0. The summed E-state index contributed by atoms with van der Waals surface area (Å²) in [6.07, 6.45) is 3.20. The second kappa shape index (κ2) is 8.34. The van der Waals surface area contributed by atoms with E-state index in [1.807, 2.05) is 0 Å². The van der Waals surface area contributed by atoms with E-state index in [0.29, 0.717) is 18.4 Å². The lowest BCUT2D eigenvalue weighted by Crippen LogP contribution is -3.11. The van der Waals surface area contributed by atoms with Gasteiger partial charge in [0.25, 0.3) is 0 Å². The molecule has 1 aromatic carbocycles. The second-order valence-electron chi connectivity index (χ2n) is 7.31. The minimum atomic E-state index is 0.175. The Morgan fingerprint density at radius 2 is 1.78 bits per heavy atom. The molecule has 4 nitrogen and oxygen atoms in total. The van der Waals surface area contributed by atoms with E-state index in [0.717, 1.165) is 6.54 Å². The van der Waals surface area contributed by atoms with Crippen molar-refractivity contribution in [3.63, 3.8) is 0 Å². The molecule has 0 unspecified atom stereocenters. The van der Waals surface area contributed by atoms with Crippen LogP contribution in [0.4, 0.5) is 5.69 Å². The zero-order valence-electron chi connectivity index (χ0n) is 15.1. The SMILES string of the molecule is CC(C)CC(=O)NC[C@@H](c1ccc(N(C)C)cc1)[NH+]1CCCC1. The molecular formula is C19H32N3O+. The summed E-state index contributed by atoms with van der Waals surface area (Å²) in [6.45, 7) is 7.33. The molecule has 2 N–H and O–H groups in total. The van der Waals surface area contributed by atoms with Crippen LogP contribution in [0.2, 0.25) is 0 Å². The molecule has 128 valence electrons. The summed E-state index contributed by atoms with van der Waals surface area (Å²) < 4.78 is 0. The molecular weight excluding hydrogens is 286 g/mol. The minimum absolute atomic E-state index is 0.175. The summed E-state index contributed by atoms with van der Waals surface area (Å²) in [5.74, 6) is 0.584. The van der Waals surface area contributed by atoms with Gasteiger partial charge in [-0.25, -0.2) is 0 Å². The molecule has 0 aromatic heterocycles. The van der Waals surface area contributed by atoms with Crippen LogP contribution in [0.5, 0.6) is 0 Å². The molecule has 0 radical (unpaired) electrons. The molecule has 1 aliphatic heterocycles. The third kappa shape index (κ3) is 5.24. The van der Waals surface area contributed by atoms with Crippen molar-refractivity contribution in [1.29, 1.82) is 0 Å². The van der Waals surface area contributed by atoms with Crippen molar-refractivity contribution in [3.05, 3.63) is 29.8 Å². The molecule has 1 aliphatic rings. The van der Waals surface area contributed by atoms with Gasteiger partial charge in [0.05, 0.1) is 19.6 Å². The highest BCUT2D eigenvalue weighted by Crippen LogP contribution is 2.17. The average Bonchev–Trinajstić information content (AvgIpc) is 3.01. The van der Waals surface area contributed by atoms with Crippen molar-refractivity contribution in [2.24, 2.45) is 5.92 Å². The Kier molecular flexibility index (Phi) is 6.46. The number of anilines is 1. The maximum Gasteiger partial charge on any atom is 0.220 e. The van der Waals surface area contributed by atoms with E-state index in [9.17, 15) is 4.79 Å². The molecule has 1 aromatic rings. The summed E-state index contributed by atoms with van der Waals surface area (Å²) in [7, 11) is 4.12. The Hall–Kier alpha value is -1.55. The van der Waals surface area contributed by atoms with Crippen LogP contribution in [-0.4, -0.2) is 39.6 Å². The molecule has 1 amide bonds. The van der Waals surface area contributed by atoms with Crippen LogP contribution in [0, 0.1) is 5.92 Å². The zero-order chi connectivity index (χ0) is 16.8. The first-order chi connectivity index (χ1) is 11.0. The van der Waals surface area contributed by atoms with Crippen molar-refractivity contribution in [3.8, 4) is 0 Å². The van der Waals surface area contributed by atoms with Crippen molar-refractivity contribution in [2.45, 2.75) is 39.2 Å². The topological polar surface area (TPSA) is 36.8 Å². The predicted octanol–water partition coefficient (Wildman–Crippen LogP) is 1.63. The number of amides is 1. The van der Waals surface area contributed by atoms with E-state index in [4.69, 9.17) is 0 Å². The summed E-state index contributed by atoms with van der Waals surface area (Å²) in [5.41, 5.74) is 2.55. The van der Waals surface area contributed by atoms with Crippen LogP contribution in [-0.2, 0) is 4.79 Å². The van der Waals surface area contributed by atoms with Gasteiger partial charge >= 0.3 is 0 Å². The van der Waals surface area contributed by atoms with E-state index >= 15 is 0 Å². The normalized spacial score (nSPS) is 16.6. The summed E-state index contributed by atoms with van der Waals surface area (Å²) in [5, 5.41) is 3.16. The smallest absolute Gasteiger partial charge is 0.220 e. The molecule has 2 rings (SSSR count). The number of hydrogen-bond acceptors (Lipinski definition) is 2. The Labute approximate surface area is 140 Å². The molecule has 1 heterocycles. The van der Waals surface area contributed by atoms with Gasteiger partial charge in [-0.05, 0) is 18.1 Å². The number of rotatable bonds is 7. The molecule has 0 spiro atoms. The molecule has 23 heavy (non-hydrogen) atoms. The first-order valence-electron chi connectivity index (χ1n) is 8.86. The maximum absolute atomic E-state index is 12.0. The highest BCUT2D eigenvalue weighted by molar-refractivity contribution is 5.76. The average molecular weight is 318 g/mol. The lowest BCUT2D eigenvalue weighted by molar-refractivity contribution is -0.918. The zero-order valence-corrected chi connectivity index (χ0v) is 15.1. The van der Waals surface area contributed by atoms with Crippen molar-refractivity contribution >= 4 is 11.6 Å². The Bertz CT molecular complexity index is 490. The Balaban J connectivity index is 2.06. The van der Waals surface area contributed by atoms with Gasteiger partial charge in [0.2, 0.25) is 5.91 Å². The van der Waals surface area contributed by atoms with Crippen LogP contribution in [0.3, 0.4) is 0 Å². The van der Waals surface area contributed by atoms with Gasteiger partial charge in [0.1, 0.15) is 6.04 Å². The van der Waals surface area contributed by atoms with Gasteiger partial charge in [0, 0.05) is 44.6 Å². The summed E-state index contributed by atoms with van der Waals surface area (Å²) in [4.78, 5) is 15.7. The van der Waals surface area contributed by atoms with Gasteiger partial charge < -0.3 is 15.1 Å². The fourth-order valence-electron chi connectivity index (χ4n) is 3.34. The standard InChI is InChI=1S/C19H31N3O/c1-15(2)13-19(23)20-14-18(22-11-5-6-12-22)16-7-9-17(10-8-16)21(3)4/h7-10,15,18H,5-6,11-14H2,1-4H3,(H,20,23)/p+1/t18-/m0/s1. The molecule has 1 atom stereocenters. The highest BCUT2D eigenvalue weighted by Gasteiger charge is 2.27. The van der Waals surface area contributed by atoms with E-state index < -0.39 is 0 Å². The fraction of sp³-hybridized carbons (Fsp3) is 0.632. The number of quaternary nitrogens is 1. The highest BCUT2D eigenvalue weighted by atomic mass is 16.1. The van der Waals surface area contributed by atoms with Crippen molar-refractivity contribution in [2.75, 3.05) is 38.6 Å². The first-order valence-corrected chi connectivity index (χ1v) is 8.86. The Morgan fingerprint density at radius 3 is 2.30 bits per heavy atom. The molecule has 4 heteroatoms. The molecule has 0 aliphatic carbocycles. The van der Waals surface area contributed by atoms with Gasteiger partial charge in [-0.15, -0.1) is 0 Å². The van der Waals surface area contributed by atoms with Crippen LogP contribution in [0.15, 0.2) is 24.3 Å². The number of likely N-dealkylation sites (tertiary alicyclic amines) is 1. The van der Waals surface area contributed by atoms with Gasteiger partial charge in [0.15, 0.2) is 0 Å². The van der Waals surface area contributed by atoms with E-state index in [1.165, 1.54) is 37.2 Å². The predicted molar refractivity (Wildman–Crippen MR) is 95.9 cm³/mol. The van der Waals surface area contributed by atoms with E-state index in [2.05, 4.69) is 62.4 Å². The van der Waals surface area contributed by atoms with Crippen molar-refractivity contribution < 1.29 is 9.69 Å². The fourth-order valence-corrected chi connectivity index (χ4v) is 3.34. The van der Waals surface area contributed by atoms with Crippen LogP contribution in [0.1, 0.15) is 44.7 Å². The molecule has 0 saturated carbocycles. The van der Waals surface area contributed by atoms with Crippen LogP contribution >= 0.6 is 0 Å². The summed E-state index contributed by atoms with van der Waals surface area (Å²) in [6, 6.07) is 9.16. The largest absolute Gasteiger partial charge is 0.378 e. The molecule has 1 fully saturated rings. The van der Waals surface area contributed by atoms with E-state index in [-0.39, 0.29) is 5.91 Å². The van der Waals surface area contributed by atoms with Crippen LogP contribution in [0.25, 0.3) is 0 Å². The van der Waals surface area contributed by atoms with Gasteiger partial charge in [-0.3, -0.25) is 4.79 Å². The minimum Gasteiger partial charge on any atom is -0.378 e. The van der Waals surface area contributed by atoms with Gasteiger partial charge in [-0.1, -0.05) is 26.0 Å². The quantitative estimate of drug-likeness (QED) is 0.802. The number of benzene rings is 1. The van der Waals surface area contributed by atoms with Crippen molar-refractivity contribution in [1.82, 2.24) is 5.32 Å².